The fourth-order valence-electron chi connectivity index (χ4n) is 3.71. The molecule has 1 aliphatic carbocycles. The van der Waals surface area contributed by atoms with Gasteiger partial charge in [0.25, 0.3) is 0 Å². The molecule has 2 heterocycles. The fraction of sp³-hybridized carbons (Fsp3) is 0.867. The SMILES string of the molecule is O=C1CCC(=O)N1C1CCC(NC2CCCSC2)CC1. The van der Waals surface area contributed by atoms with E-state index in [-0.39, 0.29) is 17.9 Å². The molecule has 2 aliphatic heterocycles. The average molecular weight is 296 g/mol. The van der Waals surface area contributed by atoms with Crippen molar-refractivity contribution < 1.29 is 9.59 Å². The van der Waals surface area contributed by atoms with E-state index in [0.29, 0.717) is 24.9 Å². The maximum atomic E-state index is 11.8. The standard InChI is InChI=1S/C15H24N2O2S/c18-14-7-8-15(19)17(14)13-5-3-11(4-6-13)16-12-2-1-9-20-10-12/h11-13,16H,1-10H2. The molecule has 0 radical (unpaired) electrons. The quantitative estimate of drug-likeness (QED) is 0.809. The molecule has 3 fully saturated rings. The Labute approximate surface area is 125 Å². The van der Waals surface area contributed by atoms with Gasteiger partial charge in [0.1, 0.15) is 0 Å². The number of hydrogen-bond donors (Lipinski definition) is 1. The minimum Gasteiger partial charge on any atom is -0.310 e. The molecular formula is C15H24N2O2S. The first-order chi connectivity index (χ1) is 9.74. The topological polar surface area (TPSA) is 49.4 Å². The van der Waals surface area contributed by atoms with E-state index in [2.05, 4.69) is 17.1 Å². The van der Waals surface area contributed by atoms with Gasteiger partial charge < -0.3 is 5.32 Å². The van der Waals surface area contributed by atoms with Gasteiger partial charge in [-0.1, -0.05) is 0 Å². The zero-order valence-electron chi connectivity index (χ0n) is 12.0. The number of carbonyl (C=O) groups excluding carboxylic acids is 2. The smallest absolute Gasteiger partial charge is 0.229 e. The van der Waals surface area contributed by atoms with Crippen molar-refractivity contribution in [2.75, 3.05) is 11.5 Å². The first-order valence-corrected chi connectivity index (χ1v) is 9.08. The van der Waals surface area contributed by atoms with Crippen molar-refractivity contribution in [3.05, 3.63) is 0 Å². The molecule has 1 atom stereocenters. The van der Waals surface area contributed by atoms with Gasteiger partial charge in [-0.05, 0) is 44.3 Å². The Bertz CT molecular complexity index is 358. The van der Waals surface area contributed by atoms with E-state index in [9.17, 15) is 9.59 Å². The van der Waals surface area contributed by atoms with E-state index in [1.54, 1.807) is 4.90 Å². The molecule has 1 N–H and O–H groups in total. The molecule has 0 aromatic carbocycles. The van der Waals surface area contributed by atoms with Crippen molar-refractivity contribution >= 4 is 23.6 Å². The highest BCUT2D eigenvalue weighted by Gasteiger charge is 2.37. The van der Waals surface area contributed by atoms with Gasteiger partial charge in [0.15, 0.2) is 0 Å². The van der Waals surface area contributed by atoms with Gasteiger partial charge in [-0.25, -0.2) is 0 Å². The third-order valence-electron chi connectivity index (χ3n) is 4.78. The molecule has 0 aromatic rings. The maximum Gasteiger partial charge on any atom is 0.229 e. The largest absolute Gasteiger partial charge is 0.310 e. The molecule has 0 bridgehead atoms. The Morgan fingerprint density at radius 2 is 1.65 bits per heavy atom. The first kappa shape index (κ1) is 14.4. The number of amides is 2. The second-order valence-electron chi connectivity index (χ2n) is 6.24. The van der Waals surface area contributed by atoms with Crippen molar-refractivity contribution in [3.63, 3.8) is 0 Å². The Hall–Kier alpha value is -0.550. The number of imide groups is 1. The maximum absolute atomic E-state index is 11.8. The molecule has 5 heteroatoms. The minimum atomic E-state index is 0.0510. The van der Waals surface area contributed by atoms with Crippen LogP contribution in [0.2, 0.25) is 0 Å². The summed E-state index contributed by atoms with van der Waals surface area (Å²) in [7, 11) is 0. The molecule has 0 aromatic heterocycles. The Kier molecular flexibility index (Phi) is 4.66. The number of likely N-dealkylation sites (tertiary alicyclic amines) is 1. The molecule has 1 unspecified atom stereocenters. The zero-order valence-corrected chi connectivity index (χ0v) is 12.8. The number of hydrogen-bond acceptors (Lipinski definition) is 4. The molecule has 3 rings (SSSR count). The second kappa shape index (κ2) is 6.48. The molecule has 20 heavy (non-hydrogen) atoms. The highest BCUT2D eigenvalue weighted by molar-refractivity contribution is 7.99. The first-order valence-electron chi connectivity index (χ1n) is 7.92. The van der Waals surface area contributed by atoms with Gasteiger partial charge in [0, 0.05) is 36.7 Å². The number of rotatable bonds is 3. The lowest BCUT2D eigenvalue weighted by Gasteiger charge is -2.36. The molecule has 2 amide bonds. The van der Waals surface area contributed by atoms with Crippen LogP contribution in [0.4, 0.5) is 0 Å². The van der Waals surface area contributed by atoms with Crippen LogP contribution in [0.25, 0.3) is 0 Å². The minimum absolute atomic E-state index is 0.0510. The Balaban J connectivity index is 1.47. The predicted molar refractivity (Wildman–Crippen MR) is 80.6 cm³/mol. The van der Waals surface area contributed by atoms with E-state index in [1.165, 1.54) is 24.3 Å². The van der Waals surface area contributed by atoms with Crippen LogP contribution in [0.1, 0.15) is 51.4 Å². The summed E-state index contributed by atoms with van der Waals surface area (Å²) in [4.78, 5) is 25.1. The lowest BCUT2D eigenvalue weighted by atomic mass is 9.89. The number of thioether (sulfide) groups is 1. The number of nitrogens with zero attached hydrogens (tertiary/aromatic N) is 1. The molecule has 4 nitrogen and oxygen atoms in total. The Morgan fingerprint density at radius 3 is 2.25 bits per heavy atom. The van der Waals surface area contributed by atoms with Crippen LogP contribution in [0.3, 0.4) is 0 Å². The summed E-state index contributed by atoms with van der Waals surface area (Å²) >= 11 is 2.05. The van der Waals surface area contributed by atoms with Crippen LogP contribution >= 0.6 is 11.8 Å². The van der Waals surface area contributed by atoms with Crippen molar-refractivity contribution in [1.82, 2.24) is 10.2 Å². The van der Waals surface area contributed by atoms with E-state index in [4.69, 9.17) is 0 Å². The van der Waals surface area contributed by atoms with Crippen LogP contribution in [0.5, 0.6) is 0 Å². The van der Waals surface area contributed by atoms with Crippen LogP contribution in [-0.4, -0.2) is 46.3 Å². The van der Waals surface area contributed by atoms with Crippen LogP contribution < -0.4 is 5.32 Å². The normalized spacial score (nSPS) is 35.6. The summed E-state index contributed by atoms with van der Waals surface area (Å²) in [5, 5.41) is 3.78. The lowest BCUT2D eigenvalue weighted by Crippen LogP contribution is -2.47. The lowest BCUT2D eigenvalue weighted by molar-refractivity contribution is -0.141. The summed E-state index contributed by atoms with van der Waals surface area (Å²) in [6.45, 7) is 0. The van der Waals surface area contributed by atoms with Gasteiger partial charge in [0.05, 0.1) is 0 Å². The Morgan fingerprint density at radius 1 is 0.950 bits per heavy atom. The third kappa shape index (κ3) is 3.19. The summed E-state index contributed by atoms with van der Waals surface area (Å²) in [5.74, 6) is 2.65. The van der Waals surface area contributed by atoms with Crippen LogP contribution in [0, 0.1) is 0 Å². The van der Waals surface area contributed by atoms with E-state index >= 15 is 0 Å². The van der Waals surface area contributed by atoms with Gasteiger partial charge >= 0.3 is 0 Å². The average Bonchev–Trinajstić information content (AvgIpc) is 2.81. The molecule has 0 spiro atoms. The molecule has 112 valence electrons. The van der Waals surface area contributed by atoms with Gasteiger partial charge in [-0.3, -0.25) is 14.5 Å². The summed E-state index contributed by atoms with van der Waals surface area (Å²) in [6.07, 6.45) is 7.65. The third-order valence-corrected chi connectivity index (χ3v) is 6.00. The molecule has 1 saturated carbocycles. The molecular weight excluding hydrogens is 272 g/mol. The van der Waals surface area contributed by atoms with Crippen LogP contribution in [0.15, 0.2) is 0 Å². The van der Waals surface area contributed by atoms with Crippen molar-refractivity contribution in [3.8, 4) is 0 Å². The second-order valence-corrected chi connectivity index (χ2v) is 7.39. The number of carbonyl (C=O) groups is 2. The van der Waals surface area contributed by atoms with Crippen molar-refractivity contribution in [2.24, 2.45) is 0 Å². The summed E-state index contributed by atoms with van der Waals surface area (Å²) < 4.78 is 0. The molecule has 3 aliphatic rings. The van der Waals surface area contributed by atoms with Crippen molar-refractivity contribution in [1.29, 1.82) is 0 Å². The predicted octanol–water partition coefficient (Wildman–Crippen LogP) is 1.93. The fourth-order valence-corrected chi connectivity index (χ4v) is 4.79. The van der Waals surface area contributed by atoms with Crippen molar-refractivity contribution in [2.45, 2.75) is 69.5 Å². The van der Waals surface area contributed by atoms with Gasteiger partial charge in [-0.2, -0.15) is 11.8 Å². The summed E-state index contributed by atoms with van der Waals surface area (Å²) in [6, 6.07) is 1.43. The van der Waals surface area contributed by atoms with E-state index < -0.39 is 0 Å². The van der Waals surface area contributed by atoms with E-state index in [1.807, 2.05) is 0 Å². The van der Waals surface area contributed by atoms with Gasteiger partial charge in [-0.15, -0.1) is 0 Å². The summed E-state index contributed by atoms with van der Waals surface area (Å²) in [5.41, 5.74) is 0. The molecule has 2 saturated heterocycles. The number of nitrogens with one attached hydrogen (secondary N) is 1. The monoisotopic (exact) mass is 296 g/mol. The highest BCUT2D eigenvalue weighted by atomic mass is 32.2. The zero-order chi connectivity index (χ0) is 13.9. The van der Waals surface area contributed by atoms with Gasteiger partial charge in [0.2, 0.25) is 11.8 Å². The van der Waals surface area contributed by atoms with Crippen LogP contribution in [-0.2, 0) is 9.59 Å². The van der Waals surface area contributed by atoms with E-state index in [0.717, 1.165) is 25.7 Å². The highest BCUT2D eigenvalue weighted by Crippen LogP contribution is 2.28.